The highest BCUT2D eigenvalue weighted by atomic mass is 32.2. The largest absolute Gasteiger partial charge is 0.484 e. The molecule has 0 saturated heterocycles. The molecule has 7 heteroatoms. The van der Waals surface area contributed by atoms with E-state index in [1.807, 2.05) is 13.8 Å². The van der Waals surface area contributed by atoms with E-state index in [0.717, 1.165) is 0 Å². The Bertz CT molecular complexity index is 767. The summed E-state index contributed by atoms with van der Waals surface area (Å²) in [5, 5.41) is 3.20. The van der Waals surface area contributed by atoms with Crippen LogP contribution in [0.3, 0.4) is 0 Å². The van der Waals surface area contributed by atoms with E-state index in [1.165, 1.54) is 12.3 Å². The van der Waals surface area contributed by atoms with Crippen molar-refractivity contribution in [2.75, 3.05) is 11.9 Å². The number of anilines is 1. The lowest BCUT2D eigenvalue weighted by Gasteiger charge is -2.33. The molecule has 2 N–H and O–H groups in total. The summed E-state index contributed by atoms with van der Waals surface area (Å²) in [7, 11) is -3.60. The van der Waals surface area contributed by atoms with Gasteiger partial charge in [0.2, 0.25) is 10.0 Å². The summed E-state index contributed by atoms with van der Waals surface area (Å²) < 4.78 is 38.1. The van der Waals surface area contributed by atoms with Crippen molar-refractivity contribution in [3.63, 3.8) is 0 Å². The van der Waals surface area contributed by atoms with Crippen LogP contribution in [0.5, 0.6) is 5.75 Å². The van der Waals surface area contributed by atoms with Crippen molar-refractivity contribution in [3.05, 3.63) is 42.4 Å². The molecule has 0 unspecified atom stereocenters. The fourth-order valence-electron chi connectivity index (χ4n) is 2.21. The third-order valence-electron chi connectivity index (χ3n) is 3.37. The number of fused-ring (bicyclic) bond motifs is 1. The molecule has 0 fully saturated rings. The lowest BCUT2D eigenvalue weighted by atomic mass is 10.1. The maximum absolute atomic E-state index is 12.3. The first-order valence-electron chi connectivity index (χ1n) is 6.95. The molecular formula is C15H18N2O4S. The third-order valence-corrected chi connectivity index (χ3v) is 4.77. The van der Waals surface area contributed by atoms with Gasteiger partial charge >= 0.3 is 0 Å². The predicted molar refractivity (Wildman–Crippen MR) is 82.4 cm³/mol. The van der Waals surface area contributed by atoms with Crippen molar-refractivity contribution >= 4 is 15.7 Å². The first kappa shape index (κ1) is 14.9. The van der Waals surface area contributed by atoms with E-state index in [0.29, 0.717) is 23.7 Å². The zero-order chi connectivity index (χ0) is 15.8. The maximum atomic E-state index is 12.3. The minimum absolute atomic E-state index is 0.114. The molecule has 2 heterocycles. The fraction of sp³-hybridized carbons (Fsp3) is 0.333. The van der Waals surface area contributed by atoms with Crippen LogP contribution in [0.25, 0.3) is 0 Å². The Balaban J connectivity index is 1.80. The van der Waals surface area contributed by atoms with Crippen molar-refractivity contribution in [2.24, 2.45) is 0 Å². The standard InChI is InChI=1S/C15H18N2O4S/c1-15(2)10-16-13-8-12(5-6-14(13)21-15)22(18,19)17-9-11-4-3-7-20-11/h3-8,16-17H,9-10H2,1-2H3. The van der Waals surface area contributed by atoms with Crippen LogP contribution in [0.4, 0.5) is 5.69 Å². The maximum Gasteiger partial charge on any atom is 0.241 e. The van der Waals surface area contributed by atoms with Crippen molar-refractivity contribution in [2.45, 2.75) is 30.9 Å². The van der Waals surface area contributed by atoms with Crippen LogP contribution in [0.1, 0.15) is 19.6 Å². The Hall–Kier alpha value is -1.99. The first-order chi connectivity index (χ1) is 10.4. The van der Waals surface area contributed by atoms with Gasteiger partial charge < -0.3 is 14.5 Å². The fourth-order valence-corrected chi connectivity index (χ4v) is 3.23. The number of hydrogen-bond donors (Lipinski definition) is 2. The van der Waals surface area contributed by atoms with E-state index in [9.17, 15) is 8.42 Å². The lowest BCUT2D eigenvalue weighted by molar-refractivity contribution is 0.116. The number of sulfonamides is 1. The molecule has 0 radical (unpaired) electrons. The summed E-state index contributed by atoms with van der Waals surface area (Å²) in [6, 6.07) is 8.21. The number of furan rings is 1. The third kappa shape index (κ3) is 3.10. The summed E-state index contributed by atoms with van der Waals surface area (Å²) >= 11 is 0. The van der Waals surface area contributed by atoms with Gasteiger partial charge in [0.15, 0.2) is 0 Å². The Morgan fingerprint density at radius 3 is 2.86 bits per heavy atom. The minimum atomic E-state index is -3.60. The van der Waals surface area contributed by atoms with Gasteiger partial charge in [0.1, 0.15) is 17.1 Å². The molecule has 1 aromatic carbocycles. The zero-order valence-electron chi connectivity index (χ0n) is 12.4. The molecule has 0 bridgehead atoms. The zero-order valence-corrected chi connectivity index (χ0v) is 13.2. The van der Waals surface area contributed by atoms with Crippen LogP contribution >= 0.6 is 0 Å². The molecule has 1 aliphatic heterocycles. The van der Waals surface area contributed by atoms with Gasteiger partial charge in [0, 0.05) is 0 Å². The number of rotatable bonds is 4. The molecule has 22 heavy (non-hydrogen) atoms. The monoisotopic (exact) mass is 322 g/mol. The molecule has 0 atom stereocenters. The summed E-state index contributed by atoms with van der Waals surface area (Å²) in [5.74, 6) is 1.21. The van der Waals surface area contributed by atoms with Crippen molar-refractivity contribution < 1.29 is 17.6 Å². The molecule has 0 spiro atoms. The van der Waals surface area contributed by atoms with Crippen LogP contribution in [0.15, 0.2) is 45.9 Å². The van der Waals surface area contributed by atoms with E-state index in [4.69, 9.17) is 9.15 Å². The number of nitrogens with one attached hydrogen (secondary N) is 2. The highest BCUT2D eigenvalue weighted by Gasteiger charge is 2.27. The minimum Gasteiger partial charge on any atom is -0.484 e. The number of benzene rings is 1. The quantitative estimate of drug-likeness (QED) is 0.903. The van der Waals surface area contributed by atoms with Gasteiger partial charge in [-0.25, -0.2) is 13.1 Å². The van der Waals surface area contributed by atoms with Gasteiger partial charge in [0.05, 0.1) is 29.9 Å². The molecule has 0 aliphatic carbocycles. The van der Waals surface area contributed by atoms with Crippen LogP contribution in [0.2, 0.25) is 0 Å². The van der Waals surface area contributed by atoms with E-state index in [1.54, 1.807) is 24.3 Å². The van der Waals surface area contributed by atoms with Crippen molar-refractivity contribution in [3.8, 4) is 5.75 Å². The molecule has 3 rings (SSSR count). The van der Waals surface area contributed by atoms with E-state index in [-0.39, 0.29) is 17.0 Å². The lowest BCUT2D eigenvalue weighted by Crippen LogP contribution is -2.40. The van der Waals surface area contributed by atoms with Gasteiger partial charge in [-0.3, -0.25) is 0 Å². The van der Waals surface area contributed by atoms with Gasteiger partial charge in [0.25, 0.3) is 0 Å². The highest BCUT2D eigenvalue weighted by molar-refractivity contribution is 7.89. The second-order valence-electron chi connectivity index (χ2n) is 5.78. The average Bonchev–Trinajstić information content (AvgIpc) is 2.97. The SMILES string of the molecule is CC1(C)CNc2cc(S(=O)(=O)NCc3ccco3)ccc2O1. The molecule has 1 aromatic heterocycles. The second kappa shape index (κ2) is 5.33. The number of ether oxygens (including phenoxy) is 1. The van der Waals surface area contributed by atoms with Gasteiger partial charge in [-0.1, -0.05) is 0 Å². The Morgan fingerprint density at radius 1 is 1.32 bits per heavy atom. The molecule has 1 aliphatic rings. The van der Waals surface area contributed by atoms with Crippen molar-refractivity contribution in [1.82, 2.24) is 4.72 Å². The van der Waals surface area contributed by atoms with E-state index >= 15 is 0 Å². The van der Waals surface area contributed by atoms with Crippen LogP contribution in [0, 0.1) is 0 Å². The van der Waals surface area contributed by atoms with Gasteiger partial charge in [-0.15, -0.1) is 0 Å². The average molecular weight is 322 g/mol. The molecule has 0 saturated carbocycles. The topological polar surface area (TPSA) is 80.6 Å². The Kier molecular flexibility index (Phi) is 3.62. The van der Waals surface area contributed by atoms with Crippen molar-refractivity contribution in [1.29, 1.82) is 0 Å². The molecule has 118 valence electrons. The summed E-state index contributed by atoms with van der Waals surface area (Å²) in [6.07, 6.45) is 1.51. The van der Waals surface area contributed by atoms with Crippen LogP contribution in [-0.4, -0.2) is 20.6 Å². The smallest absolute Gasteiger partial charge is 0.241 e. The number of hydrogen-bond acceptors (Lipinski definition) is 5. The van der Waals surface area contributed by atoms with E-state index in [2.05, 4.69) is 10.0 Å². The predicted octanol–water partition coefficient (Wildman–Crippen LogP) is 2.34. The molecule has 0 amide bonds. The van der Waals surface area contributed by atoms with Gasteiger partial charge in [-0.05, 0) is 44.2 Å². The normalized spacial score (nSPS) is 16.5. The molecule has 6 nitrogen and oxygen atoms in total. The highest BCUT2D eigenvalue weighted by Crippen LogP contribution is 2.34. The second-order valence-corrected chi connectivity index (χ2v) is 7.54. The molecule has 2 aromatic rings. The molecular weight excluding hydrogens is 304 g/mol. The summed E-state index contributed by atoms with van der Waals surface area (Å²) in [4.78, 5) is 0.189. The Morgan fingerprint density at radius 2 is 2.14 bits per heavy atom. The van der Waals surface area contributed by atoms with Crippen LogP contribution < -0.4 is 14.8 Å². The summed E-state index contributed by atoms with van der Waals surface area (Å²) in [5.41, 5.74) is 0.366. The summed E-state index contributed by atoms with van der Waals surface area (Å²) in [6.45, 7) is 4.67. The van der Waals surface area contributed by atoms with E-state index < -0.39 is 10.0 Å². The first-order valence-corrected chi connectivity index (χ1v) is 8.43. The van der Waals surface area contributed by atoms with Crippen LogP contribution in [-0.2, 0) is 16.6 Å². The van der Waals surface area contributed by atoms with Gasteiger partial charge in [-0.2, -0.15) is 0 Å². The Labute approximate surface area is 129 Å².